The molecule has 0 aliphatic heterocycles. The zero-order valence-electron chi connectivity index (χ0n) is 17.8. The first-order valence-electron chi connectivity index (χ1n) is 9.65. The standard InChI is InChI=1S/C25H26ClN3O/c1-6-9-10-19(8-3)30-23-11-17(5)18(13-27)12-20(23)24(16(4)7-2)21-14-29-15-22(28)25(21)26/h6,8-12,14-15H,3,7,28H2,1-2,4-5H3/b9-6-,19-10+,24-16+. The molecular formula is C25H26ClN3O. The van der Waals surface area contributed by atoms with Crippen LogP contribution in [0.3, 0.4) is 0 Å². The largest absolute Gasteiger partial charge is 0.457 e. The number of benzene rings is 1. The number of halogens is 1. The van der Waals surface area contributed by atoms with Gasteiger partial charge in [0.25, 0.3) is 0 Å². The Bertz CT molecular complexity index is 1090. The third kappa shape index (κ3) is 5.00. The van der Waals surface area contributed by atoms with Crippen LogP contribution in [-0.2, 0) is 0 Å². The van der Waals surface area contributed by atoms with Crippen molar-refractivity contribution in [1.29, 1.82) is 5.26 Å². The number of nitriles is 1. The zero-order chi connectivity index (χ0) is 22.3. The zero-order valence-corrected chi connectivity index (χ0v) is 18.5. The number of aryl methyl sites for hydroxylation is 1. The number of aromatic nitrogens is 1. The fourth-order valence-corrected chi connectivity index (χ4v) is 3.15. The van der Waals surface area contributed by atoms with Gasteiger partial charge in [-0.2, -0.15) is 5.26 Å². The summed E-state index contributed by atoms with van der Waals surface area (Å²) >= 11 is 6.56. The van der Waals surface area contributed by atoms with E-state index in [1.54, 1.807) is 12.3 Å². The highest BCUT2D eigenvalue weighted by molar-refractivity contribution is 6.35. The highest BCUT2D eigenvalue weighted by Gasteiger charge is 2.20. The molecule has 30 heavy (non-hydrogen) atoms. The molecule has 0 aliphatic carbocycles. The van der Waals surface area contributed by atoms with Gasteiger partial charge >= 0.3 is 0 Å². The number of hydrogen-bond acceptors (Lipinski definition) is 4. The normalized spacial score (nSPS) is 12.5. The smallest absolute Gasteiger partial charge is 0.135 e. The maximum atomic E-state index is 9.62. The number of ether oxygens (including phenoxy) is 1. The summed E-state index contributed by atoms with van der Waals surface area (Å²) in [7, 11) is 0. The summed E-state index contributed by atoms with van der Waals surface area (Å²) in [4.78, 5) is 4.23. The number of allylic oxidation sites excluding steroid dienone is 5. The number of nitrogen functional groups attached to an aromatic ring is 1. The first-order chi connectivity index (χ1) is 14.4. The summed E-state index contributed by atoms with van der Waals surface area (Å²) in [6, 6.07) is 5.94. The molecule has 154 valence electrons. The number of anilines is 1. The lowest BCUT2D eigenvalue weighted by molar-refractivity contribution is 0.443. The monoisotopic (exact) mass is 419 g/mol. The summed E-state index contributed by atoms with van der Waals surface area (Å²) in [5.74, 6) is 1.19. The molecule has 0 saturated carbocycles. The van der Waals surface area contributed by atoms with Gasteiger partial charge in [0.15, 0.2) is 0 Å². The molecule has 5 heteroatoms. The van der Waals surface area contributed by atoms with E-state index in [1.165, 1.54) is 6.20 Å². The summed E-state index contributed by atoms with van der Waals surface area (Å²) in [6.45, 7) is 11.7. The Morgan fingerprint density at radius 1 is 1.33 bits per heavy atom. The van der Waals surface area contributed by atoms with E-state index in [0.717, 1.165) is 28.7 Å². The average Bonchev–Trinajstić information content (AvgIpc) is 2.75. The van der Waals surface area contributed by atoms with E-state index >= 15 is 0 Å². The van der Waals surface area contributed by atoms with E-state index < -0.39 is 0 Å². The molecule has 0 spiro atoms. The molecule has 0 aliphatic rings. The first kappa shape index (κ1) is 23.0. The van der Waals surface area contributed by atoms with Crippen LogP contribution < -0.4 is 10.5 Å². The van der Waals surface area contributed by atoms with Gasteiger partial charge in [-0.1, -0.05) is 42.8 Å². The number of rotatable bonds is 7. The second-order valence-electron chi connectivity index (χ2n) is 6.78. The van der Waals surface area contributed by atoms with Gasteiger partial charge in [-0.3, -0.25) is 4.98 Å². The summed E-state index contributed by atoms with van der Waals surface area (Å²) in [5.41, 5.74) is 11.2. The van der Waals surface area contributed by atoms with Crippen LogP contribution in [0.15, 0.2) is 66.7 Å². The van der Waals surface area contributed by atoms with Crippen LogP contribution in [0.1, 0.15) is 49.4 Å². The Kier molecular flexibility index (Phi) is 8.03. The van der Waals surface area contributed by atoms with Crippen molar-refractivity contribution < 1.29 is 4.74 Å². The van der Waals surface area contributed by atoms with E-state index in [9.17, 15) is 5.26 Å². The van der Waals surface area contributed by atoms with Crippen molar-refractivity contribution in [3.05, 3.63) is 94.0 Å². The number of nitrogens with zero attached hydrogens (tertiary/aromatic N) is 2. The Balaban J connectivity index is 2.85. The molecular weight excluding hydrogens is 394 g/mol. The first-order valence-corrected chi connectivity index (χ1v) is 10.0. The molecule has 1 heterocycles. The van der Waals surface area contributed by atoms with Gasteiger partial charge in [-0.05, 0) is 62.6 Å². The van der Waals surface area contributed by atoms with E-state index in [1.807, 2.05) is 51.1 Å². The van der Waals surface area contributed by atoms with Gasteiger partial charge in [0, 0.05) is 17.3 Å². The Labute approximate surface area is 183 Å². The van der Waals surface area contributed by atoms with Crippen molar-refractivity contribution in [3.8, 4) is 11.8 Å². The molecule has 2 rings (SSSR count). The van der Waals surface area contributed by atoms with Gasteiger partial charge in [-0.15, -0.1) is 0 Å². The quantitative estimate of drug-likeness (QED) is 0.397. The molecule has 4 nitrogen and oxygen atoms in total. The highest BCUT2D eigenvalue weighted by Crippen LogP contribution is 2.40. The summed E-state index contributed by atoms with van der Waals surface area (Å²) in [6.07, 6.45) is 11.2. The molecule has 1 aromatic carbocycles. The number of pyridine rings is 1. The highest BCUT2D eigenvalue weighted by atomic mass is 35.5. The Hall–Kier alpha value is -3.29. The van der Waals surface area contributed by atoms with Gasteiger partial charge < -0.3 is 10.5 Å². The number of hydrogen-bond donors (Lipinski definition) is 1. The molecule has 0 radical (unpaired) electrons. The lowest BCUT2D eigenvalue weighted by atomic mass is 9.90. The van der Waals surface area contributed by atoms with Crippen molar-refractivity contribution in [1.82, 2.24) is 4.98 Å². The fraction of sp³-hybridized carbons (Fsp3) is 0.200. The predicted molar refractivity (Wildman–Crippen MR) is 125 cm³/mol. The molecule has 2 N–H and O–H groups in total. The maximum absolute atomic E-state index is 9.62. The van der Waals surface area contributed by atoms with Crippen molar-refractivity contribution in [2.75, 3.05) is 5.73 Å². The molecule has 0 unspecified atom stereocenters. The van der Waals surface area contributed by atoms with Crippen molar-refractivity contribution in [2.45, 2.75) is 34.1 Å². The molecule has 2 aromatic rings. The van der Waals surface area contributed by atoms with E-state index in [4.69, 9.17) is 22.1 Å². The minimum Gasteiger partial charge on any atom is -0.457 e. The second-order valence-corrected chi connectivity index (χ2v) is 7.15. The molecule has 1 aromatic heterocycles. The summed E-state index contributed by atoms with van der Waals surface area (Å²) < 4.78 is 6.20. The van der Waals surface area contributed by atoms with Crippen LogP contribution in [0.2, 0.25) is 5.02 Å². The van der Waals surface area contributed by atoms with Crippen LogP contribution in [0.4, 0.5) is 5.69 Å². The van der Waals surface area contributed by atoms with Gasteiger partial charge in [0.2, 0.25) is 0 Å². The minimum atomic E-state index is 0.394. The fourth-order valence-electron chi connectivity index (χ4n) is 2.96. The molecule has 0 saturated heterocycles. The topological polar surface area (TPSA) is 71.9 Å². The molecule has 0 bridgehead atoms. The molecule has 0 amide bonds. The van der Waals surface area contributed by atoms with E-state index in [0.29, 0.717) is 33.3 Å². The van der Waals surface area contributed by atoms with Gasteiger partial charge in [0.05, 0.1) is 28.5 Å². The lowest BCUT2D eigenvalue weighted by Gasteiger charge is -2.19. The maximum Gasteiger partial charge on any atom is 0.135 e. The van der Waals surface area contributed by atoms with Crippen molar-refractivity contribution >= 4 is 22.9 Å². The molecule has 0 atom stereocenters. The number of nitrogens with two attached hydrogens (primary N) is 1. The van der Waals surface area contributed by atoms with Gasteiger partial charge in [0.1, 0.15) is 11.5 Å². The third-order valence-electron chi connectivity index (χ3n) is 4.73. The lowest BCUT2D eigenvalue weighted by Crippen LogP contribution is -2.03. The van der Waals surface area contributed by atoms with Crippen LogP contribution >= 0.6 is 11.6 Å². The van der Waals surface area contributed by atoms with Crippen LogP contribution in [0, 0.1) is 18.3 Å². The van der Waals surface area contributed by atoms with E-state index in [2.05, 4.69) is 24.6 Å². The SMILES string of the molecule is C=C/C(=C\C=C/C)Oc1cc(C)c(C#N)cc1/C(=C(/C)CC)c1cncc(N)c1Cl. The summed E-state index contributed by atoms with van der Waals surface area (Å²) in [5, 5.41) is 10.0. The predicted octanol–water partition coefficient (Wildman–Crippen LogP) is 6.75. The van der Waals surface area contributed by atoms with Gasteiger partial charge in [-0.25, -0.2) is 0 Å². The van der Waals surface area contributed by atoms with Crippen LogP contribution in [0.25, 0.3) is 5.57 Å². The average molecular weight is 420 g/mol. The van der Waals surface area contributed by atoms with Crippen LogP contribution in [-0.4, -0.2) is 4.98 Å². The Morgan fingerprint density at radius 3 is 2.67 bits per heavy atom. The second kappa shape index (κ2) is 10.5. The third-order valence-corrected chi connectivity index (χ3v) is 5.15. The van der Waals surface area contributed by atoms with E-state index in [-0.39, 0.29) is 0 Å². The van der Waals surface area contributed by atoms with Crippen LogP contribution in [0.5, 0.6) is 5.75 Å². The Morgan fingerprint density at radius 2 is 2.07 bits per heavy atom. The van der Waals surface area contributed by atoms with Crippen molar-refractivity contribution in [2.24, 2.45) is 0 Å². The minimum absolute atomic E-state index is 0.394. The van der Waals surface area contributed by atoms with Crippen molar-refractivity contribution in [3.63, 3.8) is 0 Å². The molecule has 0 fully saturated rings.